The molecule has 0 spiro atoms. The van der Waals surface area contributed by atoms with Gasteiger partial charge in [0.25, 0.3) is 0 Å². The van der Waals surface area contributed by atoms with Crippen LogP contribution in [-0.2, 0) is 0 Å². The normalized spacial score (nSPS) is 10.8. The molecule has 28 heavy (non-hydrogen) atoms. The van der Waals surface area contributed by atoms with Crippen molar-refractivity contribution in [1.82, 2.24) is 15.2 Å². The molecule has 0 fully saturated rings. The molecule has 0 aliphatic heterocycles. The minimum atomic E-state index is 0.196. The maximum atomic E-state index is 10.2. The molecule has 0 aliphatic carbocycles. The van der Waals surface area contributed by atoms with Gasteiger partial charge in [-0.15, -0.1) is 0 Å². The fraction of sp³-hybridized carbons (Fsp3) is 0.143. The van der Waals surface area contributed by atoms with E-state index in [1.54, 1.807) is 39.7 Å². The van der Waals surface area contributed by atoms with Gasteiger partial charge in [-0.1, -0.05) is 18.2 Å². The quantitative estimate of drug-likeness (QED) is 0.546. The molecule has 0 aliphatic rings. The minimum Gasteiger partial charge on any atom is -0.507 e. The second kappa shape index (κ2) is 7.11. The summed E-state index contributed by atoms with van der Waals surface area (Å²) in [5.74, 6) is 1.81. The Kier molecular flexibility index (Phi) is 4.49. The van der Waals surface area contributed by atoms with E-state index in [9.17, 15) is 5.11 Å². The number of H-pyrrole nitrogens is 1. The maximum Gasteiger partial charge on any atom is 0.203 e. The van der Waals surface area contributed by atoms with Crippen molar-refractivity contribution in [3.8, 4) is 45.4 Å². The van der Waals surface area contributed by atoms with Crippen LogP contribution in [0.3, 0.4) is 0 Å². The molecule has 0 bridgehead atoms. The zero-order valence-electron chi connectivity index (χ0n) is 15.7. The first-order valence-electron chi connectivity index (χ1n) is 8.59. The van der Waals surface area contributed by atoms with E-state index in [0.717, 1.165) is 22.2 Å². The Labute approximate surface area is 161 Å². The van der Waals surface area contributed by atoms with Crippen LogP contribution in [0.1, 0.15) is 0 Å². The van der Waals surface area contributed by atoms with Gasteiger partial charge in [-0.05, 0) is 24.3 Å². The molecule has 4 aromatic rings. The summed E-state index contributed by atoms with van der Waals surface area (Å²) in [6.45, 7) is 0. The van der Waals surface area contributed by atoms with Crippen molar-refractivity contribution in [2.45, 2.75) is 0 Å². The number of methoxy groups -OCH3 is 3. The van der Waals surface area contributed by atoms with Gasteiger partial charge in [0.2, 0.25) is 5.75 Å². The largest absolute Gasteiger partial charge is 0.507 e. The van der Waals surface area contributed by atoms with Gasteiger partial charge in [-0.2, -0.15) is 5.10 Å². The third-order valence-corrected chi connectivity index (χ3v) is 4.58. The maximum absolute atomic E-state index is 10.2. The van der Waals surface area contributed by atoms with E-state index in [-0.39, 0.29) is 5.75 Å². The van der Waals surface area contributed by atoms with Crippen LogP contribution < -0.4 is 14.2 Å². The van der Waals surface area contributed by atoms with Crippen molar-refractivity contribution < 1.29 is 19.3 Å². The summed E-state index contributed by atoms with van der Waals surface area (Å²) >= 11 is 0. The van der Waals surface area contributed by atoms with E-state index in [0.29, 0.717) is 28.5 Å². The van der Waals surface area contributed by atoms with Crippen LogP contribution in [0.2, 0.25) is 0 Å². The van der Waals surface area contributed by atoms with Crippen LogP contribution in [0.5, 0.6) is 23.0 Å². The van der Waals surface area contributed by atoms with Crippen molar-refractivity contribution in [1.29, 1.82) is 0 Å². The van der Waals surface area contributed by atoms with Gasteiger partial charge in [-0.25, -0.2) is 4.98 Å². The first-order chi connectivity index (χ1) is 13.7. The number of pyridine rings is 1. The van der Waals surface area contributed by atoms with Gasteiger partial charge in [0.05, 0.1) is 27.0 Å². The molecule has 0 amide bonds. The Morgan fingerprint density at radius 1 is 0.893 bits per heavy atom. The molecule has 0 atom stereocenters. The summed E-state index contributed by atoms with van der Waals surface area (Å²) in [6.07, 6.45) is 1.69. The Morgan fingerprint density at radius 3 is 2.25 bits per heavy atom. The van der Waals surface area contributed by atoms with E-state index in [4.69, 9.17) is 14.2 Å². The van der Waals surface area contributed by atoms with Crippen LogP contribution in [0.15, 0.2) is 48.7 Å². The number of hydrogen-bond donors (Lipinski definition) is 2. The summed E-state index contributed by atoms with van der Waals surface area (Å²) < 4.78 is 16.3. The van der Waals surface area contributed by atoms with Gasteiger partial charge >= 0.3 is 0 Å². The number of phenols is 1. The molecule has 2 heterocycles. The van der Waals surface area contributed by atoms with Gasteiger partial charge < -0.3 is 19.3 Å². The highest BCUT2D eigenvalue weighted by molar-refractivity contribution is 5.94. The van der Waals surface area contributed by atoms with E-state index < -0.39 is 0 Å². The zero-order chi connectivity index (χ0) is 19.7. The van der Waals surface area contributed by atoms with Crippen molar-refractivity contribution in [2.75, 3.05) is 21.3 Å². The summed E-state index contributed by atoms with van der Waals surface area (Å²) in [4.78, 5) is 4.42. The Bertz CT molecular complexity index is 1130. The molecule has 7 heteroatoms. The van der Waals surface area contributed by atoms with E-state index in [2.05, 4.69) is 15.2 Å². The predicted molar refractivity (Wildman–Crippen MR) is 106 cm³/mol. The van der Waals surface area contributed by atoms with Gasteiger partial charge in [0.1, 0.15) is 5.75 Å². The number of fused-ring (bicyclic) bond motifs is 1. The number of nitrogens with one attached hydrogen (secondary N) is 1. The van der Waals surface area contributed by atoms with Crippen LogP contribution in [0.4, 0.5) is 0 Å². The van der Waals surface area contributed by atoms with Crippen LogP contribution in [-0.4, -0.2) is 41.6 Å². The molecule has 4 rings (SSSR count). The number of nitrogens with zero attached hydrogens (tertiary/aromatic N) is 2. The van der Waals surface area contributed by atoms with Crippen molar-refractivity contribution in [3.63, 3.8) is 0 Å². The Hall–Kier alpha value is -3.74. The first-order valence-corrected chi connectivity index (χ1v) is 8.59. The standard InChI is InChI=1S/C21H19N3O4/c1-26-17-9-12(10-18(27-2)20(17)28-3)19-15-8-13(11-22-21(15)24-23-19)14-6-4-5-7-16(14)25/h4-11,25H,1-3H3,(H,22,23,24). The number of benzene rings is 2. The molecule has 0 saturated heterocycles. The summed E-state index contributed by atoms with van der Waals surface area (Å²) in [5, 5.41) is 18.3. The van der Waals surface area contributed by atoms with Gasteiger partial charge in [0, 0.05) is 28.3 Å². The lowest BCUT2D eigenvalue weighted by Gasteiger charge is -2.13. The number of aromatic amines is 1. The summed E-state index contributed by atoms with van der Waals surface area (Å²) in [6, 6.07) is 12.8. The first kappa shape index (κ1) is 17.7. The van der Waals surface area contributed by atoms with Crippen LogP contribution in [0, 0.1) is 0 Å². The predicted octanol–water partition coefficient (Wildman–Crippen LogP) is 4.02. The topological polar surface area (TPSA) is 89.5 Å². The molecule has 0 saturated carbocycles. The lowest BCUT2D eigenvalue weighted by molar-refractivity contribution is 0.324. The molecule has 2 aromatic carbocycles. The molecule has 142 valence electrons. The number of hydrogen-bond acceptors (Lipinski definition) is 6. The van der Waals surface area contributed by atoms with E-state index in [1.165, 1.54) is 0 Å². The SMILES string of the molecule is COc1cc(-c2[nH]nc3ncc(-c4ccccc4O)cc23)cc(OC)c1OC. The number of aromatic hydroxyl groups is 1. The second-order valence-corrected chi connectivity index (χ2v) is 6.12. The second-order valence-electron chi connectivity index (χ2n) is 6.12. The van der Waals surface area contributed by atoms with Crippen molar-refractivity contribution >= 4 is 11.0 Å². The molecule has 2 aromatic heterocycles. The molecular weight excluding hydrogens is 358 g/mol. The number of ether oxygens (including phenoxy) is 3. The van der Waals surface area contributed by atoms with E-state index >= 15 is 0 Å². The highest BCUT2D eigenvalue weighted by atomic mass is 16.5. The third-order valence-electron chi connectivity index (χ3n) is 4.58. The lowest BCUT2D eigenvalue weighted by atomic mass is 10.0. The average Bonchev–Trinajstić information content (AvgIpc) is 3.16. The fourth-order valence-electron chi connectivity index (χ4n) is 3.21. The molecular formula is C21H19N3O4. The highest BCUT2D eigenvalue weighted by Crippen LogP contribution is 2.42. The van der Waals surface area contributed by atoms with Crippen LogP contribution in [0.25, 0.3) is 33.4 Å². The van der Waals surface area contributed by atoms with Crippen molar-refractivity contribution in [2.24, 2.45) is 0 Å². The summed E-state index contributed by atoms with van der Waals surface area (Å²) in [5.41, 5.74) is 3.64. The molecule has 7 nitrogen and oxygen atoms in total. The fourth-order valence-corrected chi connectivity index (χ4v) is 3.21. The highest BCUT2D eigenvalue weighted by Gasteiger charge is 2.18. The van der Waals surface area contributed by atoms with Gasteiger partial charge in [-0.3, -0.25) is 5.10 Å². The molecule has 0 radical (unpaired) electrons. The average molecular weight is 377 g/mol. The third kappa shape index (κ3) is 2.87. The number of aromatic nitrogens is 3. The Balaban J connectivity index is 1.90. The number of rotatable bonds is 5. The zero-order valence-corrected chi connectivity index (χ0v) is 15.7. The van der Waals surface area contributed by atoms with E-state index in [1.807, 2.05) is 30.3 Å². The lowest BCUT2D eigenvalue weighted by Crippen LogP contribution is -1.96. The summed E-state index contributed by atoms with van der Waals surface area (Å²) in [7, 11) is 4.71. The smallest absolute Gasteiger partial charge is 0.203 e. The molecule has 2 N–H and O–H groups in total. The van der Waals surface area contributed by atoms with Crippen LogP contribution >= 0.6 is 0 Å². The van der Waals surface area contributed by atoms with Crippen molar-refractivity contribution in [3.05, 3.63) is 48.7 Å². The minimum absolute atomic E-state index is 0.196. The number of para-hydroxylation sites is 1. The molecule has 0 unspecified atom stereocenters. The number of phenolic OH excluding ortho intramolecular Hbond substituents is 1. The Morgan fingerprint density at radius 2 is 1.61 bits per heavy atom. The van der Waals surface area contributed by atoms with Gasteiger partial charge in [0.15, 0.2) is 17.1 Å². The monoisotopic (exact) mass is 377 g/mol.